The van der Waals surface area contributed by atoms with E-state index >= 15 is 0 Å². The summed E-state index contributed by atoms with van der Waals surface area (Å²) in [6.45, 7) is 7.72. The number of ether oxygens (including phenoxy) is 2. The molecule has 4 rings (SSSR count). The summed E-state index contributed by atoms with van der Waals surface area (Å²) < 4.78 is 11.8. The molecule has 1 aliphatic heterocycles. The van der Waals surface area contributed by atoms with Crippen molar-refractivity contribution >= 4 is 11.3 Å². The Morgan fingerprint density at radius 3 is 2.70 bits per heavy atom. The molecule has 0 radical (unpaired) electrons. The van der Waals surface area contributed by atoms with Gasteiger partial charge in [0, 0.05) is 35.0 Å². The van der Waals surface area contributed by atoms with Crippen molar-refractivity contribution in [1.82, 2.24) is 4.90 Å². The number of hydrogen-bond acceptors (Lipinski definition) is 4. The Morgan fingerprint density at radius 2 is 1.96 bits per heavy atom. The Hall–Kier alpha value is -2.30. The van der Waals surface area contributed by atoms with Gasteiger partial charge in [-0.25, -0.2) is 0 Å². The first-order valence-corrected chi connectivity index (χ1v) is 10.1. The molecule has 1 aromatic heterocycles. The van der Waals surface area contributed by atoms with Crippen LogP contribution in [0.4, 0.5) is 0 Å². The summed E-state index contributed by atoms with van der Waals surface area (Å²) in [5.74, 6) is 1.71. The summed E-state index contributed by atoms with van der Waals surface area (Å²) in [6.07, 6.45) is 0. The molecule has 3 aromatic rings. The van der Waals surface area contributed by atoms with E-state index in [0.717, 1.165) is 31.1 Å². The summed E-state index contributed by atoms with van der Waals surface area (Å²) >= 11 is 1.87. The zero-order valence-corrected chi connectivity index (χ0v) is 16.9. The molecule has 0 aliphatic carbocycles. The quantitative estimate of drug-likeness (QED) is 0.603. The Balaban J connectivity index is 1.69. The maximum Gasteiger partial charge on any atom is 0.165 e. The van der Waals surface area contributed by atoms with E-state index in [4.69, 9.17) is 9.47 Å². The van der Waals surface area contributed by atoms with Crippen LogP contribution in [0.3, 0.4) is 0 Å². The van der Waals surface area contributed by atoms with E-state index in [2.05, 4.69) is 67.3 Å². The van der Waals surface area contributed by atoms with Crippen LogP contribution in [-0.4, -0.2) is 25.2 Å². The molecule has 0 saturated carbocycles. The number of hydrogen-bond donors (Lipinski definition) is 0. The fourth-order valence-electron chi connectivity index (χ4n) is 3.67. The molecule has 0 saturated heterocycles. The topological polar surface area (TPSA) is 21.7 Å². The van der Waals surface area contributed by atoms with Gasteiger partial charge >= 0.3 is 0 Å². The van der Waals surface area contributed by atoms with Crippen molar-refractivity contribution in [3.8, 4) is 22.6 Å². The van der Waals surface area contributed by atoms with Crippen LogP contribution in [0, 0.1) is 13.8 Å². The van der Waals surface area contributed by atoms with E-state index in [1.165, 1.54) is 32.0 Å². The second-order valence-electron chi connectivity index (χ2n) is 7.05. The SMILES string of the molecule is COc1cc(-c2ccccc2C)cc2c1OCCN(Cc1ccc(C)s1)C2. The van der Waals surface area contributed by atoms with Gasteiger partial charge in [0.1, 0.15) is 6.61 Å². The van der Waals surface area contributed by atoms with Crippen LogP contribution in [0.5, 0.6) is 11.5 Å². The summed E-state index contributed by atoms with van der Waals surface area (Å²) in [4.78, 5) is 5.22. The first-order chi connectivity index (χ1) is 13.1. The van der Waals surface area contributed by atoms with Crippen LogP contribution in [0.1, 0.15) is 20.9 Å². The maximum absolute atomic E-state index is 6.10. The van der Waals surface area contributed by atoms with Crippen molar-refractivity contribution in [2.45, 2.75) is 26.9 Å². The molecule has 0 atom stereocenters. The molecule has 4 heteroatoms. The van der Waals surface area contributed by atoms with Crippen LogP contribution < -0.4 is 9.47 Å². The second kappa shape index (κ2) is 7.75. The first-order valence-electron chi connectivity index (χ1n) is 9.31. The van der Waals surface area contributed by atoms with Gasteiger partial charge in [-0.05, 0) is 54.8 Å². The first kappa shape index (κ1) is 18.1. The largest absolute Gasteiger partial charge is 0.493 e. The average molecular weight is 380 g/mol. The molecule has 0 unspecified atom stereocenters. The number of nitrogens with zero attached hydrogens (tertiary/aromatic N) is 1. The molecule has 3 nitrogen and oxygen atoms in total. The minimum atomic E-state index is 0.678. The summed E-state index contributed by atoms with van der Waals surface area (Å²) in [7, 11) is 1.72. The average Bonchev–Trinajstić information content (AvgIpc) is 2.96. The van der Waals surface area contributed by atoms with Gasteiger partial charge in [-0.2, -0.15) is 0 Å². The van der Waals surface area contributed by atoms with Crippen LogP contribution >= 0.6 is 11.3 Å². The molecule has 0 bridgehead atoms. The Morgan fingerprint density at radius 1 is 1.11 bits per heavy atom. The van der Waals surface area contributed by atoms with Gasteiger partial charge in [0.25, 0.3) is 0 Å². The van der Waals surface area contributed by atoms with E-state index in [0.29, 0.717) is 6.61 Å². The van der Waals surface area contributed by atoms with E-state index in [9.17, 15) is 0 Å². The highest BCUT2D eigenvalue weighted by Gasteiger charge is 2.21. The highest BCUT2D eigenvalue weighted by Crippen LogP contribution is 2.39. The third-order valence-corrected chi connectivity index (χ3v) is 6.02. The van der Waals surface area contributed by atoms with Gasteiger partial charge in [-0.15, -0.1) is 11.3 Å². The predicted octanol–water partition coefficient (Wildman–Crippen LogP) is 5.44. The van der Waals surface area contributed by atoms with Crippen molar-refractivity contribution in [3.05, 3.63) is 69.4 Å². The van der Waals surface area contributed by atoms with Crippen LogP contribution in [0.15, 0.2) is 48.5 Å². The van der Waals surface area contributed by atoms with Gasteiger partial charge < -0.3 is 9.47 Å². The Kier molecular flexibility index (Phi) is 5.19. The third-order valence-electron chi connectivity index (χ3n) is 5.03. The third kappa shape index (κ3) is 3.87. The summed E-state index contributed by atoms with van der Waals surface area (Å²) in [5, 5.41) is 0. The fourth-order valence-corrected chi connectivity index (χ4v) is 4.60. The second-order valence-corrected chi connectivity index (χ2v) is 8.43. The molecule has 27 heavy (non-hydrogen) atoms. The summed E-state index contributed by atoms with van der Waals surface area (Å²) in [6, 6.07) is 17.3. The standard InChI is InChI=1S/C23H25NO2S/c1-16-6-4-5-7-21(16)18-12-19-14-24(15-20-9-8-17(2)27-20)10-11-26-23(19)22(13-18)25-3/h4-9,12-13H,10-11,14-15H2,1-3H3. The van der Waals surface area contributed by atoms with Crippen molar-refractivity contribution in [1.29, 1.82) is 0 Å². The summed E-state index contributed by atoms with van der Waals surface area (Å²) in [5.41, 5.74) is 4.88. The highest BCUT2D eigenvalue weighted by atomic mass is 32.1. The van der Waals surface area contributed by atoms with Gasteiger partial charge in [-0.3, -0.25) is 4.90 Å². The number of aryl methyl sites for hydroxylation is 2. The molecular weight excluding hydrogens is 354 g/mol. The zero-order chi connectivity index (χ0) is 18.8. The zero-order valence-electron chi connectivity index (χ0n) is 16.1. The molecule has 0 N–H and O–H groups in total. The van der Waals surface area contributed by atoms with Crippen molar-refractivity contribution in [2.24, 2.45) is 0 Å². The number of fused-ring (bicyclic) bond motifs is 1. The molecule has 0 fully saturated rings. The molecule has 0 amide bonds. The lowest BCUT2D eigenvalue weighted by Gasteiger charge is -2.19. The number of methoxy groups -OCH3 is 1. The lowest BCUT2D eigenvalue weighted by atomic mass is 9.97. The van der Waals surface area contributed by atoms with E-state index < -0.39 is 0 Å². The van der Waals surface area contributed by atoms with Crippen molar-refractivity contribution in [3.63, 3.8) is 0 Å². The molecule has 1 aliphatic rings. The van der Waals surface area contributed by atoms with Crippen LogP contribution in [0.25, 0.3) is 11.1 Å². The van der Waals surface area contributed by atoms with Gasteiger partial charge in [0.2, 0.25) is 0 Å². The highest BCUT2D eigenvalue weighted by molar-refractivity contribution is 7.11. The van der Waals surface area contributed by atoms with Crippen LogP contribution in [0.2, 0.25) is 0 Å². The molecule has 2 heterocycles. The maximum atomic E-state index is 6.10. The normalized spacial score (nSPS) is 14.3. The Bertz CT molecular complexity index is 947. The van der Waals surface area contributed by atoms with E-state index in [1.54, 1.807) is 7.11 Å². The van der Waals surface area contributed by atoms with Gasteiger partial charge in [-0.1, -0.05) is 24.3 Å². The minimum absolute atomic E-state index is 0.678. The smallest absolute Gasteiger partial charge is 0.165 e. The Labute approximate surface area is 165 Å². The molecule has 140 valence electrons. The van der Waals surface area contributed by atoms with Crippen molar-refractivity contribution in [2.75, 3.05) is 20.3 Å². The lowest BCUT2D eigenvalue weighted by Crippen LogP contribution is -2.24. The monoisotopic (exact) mass is 379 g/mol. The lowest BCUT2D eigenvalue weighted by molar-refractivity contribution is 0.218. The van der Waals surface area contributed by atoms with E-state index in [1.807, 2.05) is 11.3 Å². The fraction of sp³-hybridized carbons (Fsp3) is 0.304. The minimum Gasteiger partial charge on any atom is -0.493 e. The van der Waals surface area contributed by atoms with Crippen LogP contribution in [-0.2, 0) is 13.1 Å². The van der Waals surface area contributed by atoms with Gasteiger partial charge in [0.15, 0.2) is 11.5 Å². The van der Waals surface area contributed by atoms with Gasteiger partial charge in [0.05, 0.1) is 7.11 Å². The predicted molar refractivity (Wildman–Crippen MR) is 112 cm³/mol. The van der Waals surface area contributed by atoms with E-state index in [-0.39, 0.29) is 0 Å². The molecule has 0 spiro atoms. The molecule has 2 aromatic carbocycles. The number of rotatable bonds is 4. The molecular formula is C23H25NO2S. The number of thiophene rings is 1. The van der Waals surface area contributed by atoms with Crippen molar-refractivity contribution < 1.29 is 9.47 Å². The number of benzene rings is 2.